The monoisotopic (exact) mass is 282 g/mol. The highest BCUT2D eigenvalue weighted by Gasteiger charge is 2.12. The molecule has 0 bridgehead atoms. The van der Waals surface area contributed by atoms with Crippen molar-refractivity contribution in [2.45, 2.75) is 12.8 Å². The van der Waals surface area contributed by atoms with Crippen LogP contribution in [-0.2, 0) is 12.8 Å². The third kappa shape index (κ3) is 2.78. The van der Waals surface area contributed by atoms with E-state index >= 15 is 0 Å². The summed E-state index contributed by atoms with van der Waals surface area (Å²) < 4.78 is 0. The van der Waals surface area contributed by atoms with Crippen LogP contribution in [0.1, 0.15) is 33.4 Å². The van der Waals surface area contributed by atoms with Crippen LogP contribution < -0.4 is 0 Å². The second kappa shape index (κ2) is 6.71. The van der Waals surface area contributed by atoms with E-state index in [9.17, 15) is 21.0 Å². The number of benzene rings is 2. The van der Waals surface area contributed by atoms with Gasteiger partial charge in [-0.25, -0.2) is 0 Å². The molecule has 2 aromatic rings. The molecule has 4 heteroatoms. The van der Waals surface area contributed by atoms with Crippen LogP contribution in [-0.4, -0.2) is 0 Å². The van der Waals surface area contributed by atoms with E-state index in [4.69, 9.17) is 0 Å². The zero-order valence-corrected chi connectivity index (χ0v) is 11.7. The Morgan fingerprint density at radius 3 is 1.05 bits per heavy atom. The molecule has 2 aromatic carbocycles. The fourth-order valence-electron chi connectivity index (χ4n) is 2.38. The van der Waals surface area contributed by atoms with E-state index in [-0.39, 0.29) is 0 Å². The molecule has 0 amide bonds. The standard InChI is InChI=1S/C18H10N4/c19-9-13-3-1-4-14(10-20)17(13)7-8-18-15(11-21)5-2-6-16(18)12-22/h1-6H,7-8H2. The van der Waals surface area contributed by atoms with Crippen LogP contribution in [0.2, 0.25) is 0 Å². The average Bonchev–Trinajstić information content (AvgIpc) is 2.58. The van der Waals surface area contributed by atoms with E-state index in [1.807, 2.05) is 0 Å². The summed E-state index contributed by atoms with van der Waals surface area (Å²) in [5.74, 6) is 0. The highest BCUT2D eigenvalue weighted by molar-refractivity contribution is 5.51. The Hall–Kier alpha value is -3.60. The minimum Gasteiger partial charge on any atom is -0.192 e. The van der Waals surface area contributed by atoms with Crippen molar-refractivity contribution in [3.05, 3.63) is 69.8 Å². The molecule has 0 heterocycles. The molecule has 4 nitrogen and oxygen atoms in total. The van der Waals surface area contributed by atoms with E-state index in [1.54, 1.807) is 36.4 Å². The zero-order chi connectivity index (χ0) is 15.9. The van der Waals surface area contributed by atoms with Crippen molar-refractivity contribution in [3.63, 3.8) is 0 Å². The molecule has 0 saturated heterocycles. The summed E-state index contributed by atoms with van der Waals surface area (Å²) in [4.78, 5) is 0. The molecule has 0 aliphatic carbocycles. The highest BCUT2D eigenvalue weighted by Crippen LogP contribution is 2.20. The largest absolute Gasteiger partial charge is 0.192 e. The van der Waals surface area contributed by atoms with Crippen molar-refractivity contribution < 1.29 is 0 Å². The van der Waals surface area contributed by atoms with Crippen molar-refractivity contribution in [3.8, 4) is 24.3 Å². The Bertz CT molecular complexity index is 743. The highest BCUT2D eigenvalue weighted by atomic mass is 14.3. The van der Waals surface area contributed by atoms with Gasteiger partial charge in [-0.1, -0.05) is 12.1 Å². The van der Waals surface area contributed by atoms with Crippen molar-refractivity contribution in [2.75, 3.05) is 0 Å². The maximum absolute atomic E-state index is 9.17. The number of nitriles is 4. The fourth-order valence-corrected chi connectivity index (χ4v) is 2.38. The SMILES string of the molecule is N#Cc1cccc(C#N)c1CCc1c(C#N)cccc1C#N. The van der Waals surface area contributed by atoms with Crippen LogP contribution in [0, 0.1) is 45.3 Å². The maximum atomic E-state index is 9.17. The predicted molar refractivity (Wildman–Crippen MR) is 79.2 cm³/mol. The van der Waals surface area contributed by atoms with Gasteiger partial charge < -0.3 is 0 Å². The van der Waals surface area contributed by atoms with Crippen LogP contribution in [0.5, 0.6) is 0 Å². The van der Waals surface area contributed by atoms with Gasteiger partial charge in [-0.15, -0.1) is 0 Å². The fraction of sp³-hybridized carbons (Fsp3) is 0.111. The quantitative estimate of drug-likeness (QED) is 0.864. The second-order valence-corrected chi connectivity index (χ2v) is 4.61. The van der Waals surface area contributed by atoms with Crippen molar-refractivity contribution in [2.24, 2.45) is 0 Å². The number of hydrogen-bond donors (Lipinski definition) is 0. The molecule has 0 unspecified atom stereocenters. The van der Waals surface area contributed by atoms with Crippen molar-refractivity contribution in [1.82, 2.24) is 0 Å². The first-order valence-corrected chi connectivity index (χ1v) is 6.59. The Morgan fingerprint density at radius 1 is 0.545 bits per heavy atom. The molecular formula is C18H10N4. The molecule has 0 fully saturated rings. The predicted octanol–water partition coefficient (Wildman–Crippen LogP) is 2.96. The van der Waals surface area contributed by atoms with Crippen LogP contribution in [0.15, 0.2) is 36.4 Å². The van der Waals surface area contributed by atoms with Gasteiger partial charge in [-0.2, -0.15) is 21.0 Å². The lowest BCUT2D eigenvalue weighted by molar-refractivity contribution is 0.943. The van der Waals surface area contributed by atoms with Gasteiger partial charge in [0.25, 0.3) is 0 Å². The molecular weight excluding hydrogens is 272 g/mol. The minimum atomic E-state index is 0.431. The zero-order valence-electron chi connectivity index (χ0n) is 11.7. The van der Waals surface area contributed by atoms with Gasteiger partial charge in [-0.3, -0.25) is 0 Å². The van der Waals surface area contributed by atoms with Gasteiger partial charge in [0.1, 0.15) is 0 Å². The van der Waals surface area contributed by atoms with Crippen molar-refractivity contribution >= 4 is 0 Å². The molecule has 2 rings (SSSR count). The Morgan fingerprint density at radius 2 is 0.818 bits per heavy atom. The lowest BCUT2D eigenvalue weighted by Gasteiger charge is -2.09. The topological polar surface area (TPSA) is 95.2 Å². The summed E-state index contributed by atoms with van der Waals surface area (Å²) in [5, 5.41) is 36.7. The third-order valence-electron chi connectivity index (χ3n) is 3.46. The molecule has 0 radical (unpaired) electrons. The van der Waals surface area contributed by atoms with Crippen LogP contribution in [0.4, 0.5) is 0 Å². The van der Waals surface area contributed by atoms with E-state index in [0.29, 0.717) is 46.2 Å². The summed E-state index contributed by atoms with van der Waals surface area (Å²) in [7, 11) is 0. The summed E-state index contributed by atoms with van der Waals surface area (Å²) >= 11 is 0. The summed E-state index contributed by atoms with van der Waals surface area (Å²) in [5.41, 5.74) is 3.12. The van der Waals surface area contributed by atoms with Gasteiger partial charge in [0.2, 0.25) is 0 Å². The molecule has 0 atom stereocenters. The molecule has 0 N–H and O–H groups in total. The molecule has 22 heavy (non-hydrogen) atoms. The average molecular weight is 282 g/mol. The molecule has 0 aliphatic rings. The molecule has 0 spiro atoms. The Kier molecular flexibility index (Phi) is 4.52. The van der Waals surface area contributed by atoms with Gasteiger partial charge in [-0.05, 0) is 48.2 Å². The van der Waals surface area contributed by atoms with Crippen LogP contribution in [0.25, 0.3) is 0 Å². The molecule has 0 aliphatic heterocycles. The van der Waals surface area contributed by atoms with E-state index < -0.39 is 0 Å². The van der Waals surface area contributed by atoms with Gasteiger partial charge in [0.15, 0.2) is 0 Å². The summed E-state index contributed by atoms with van der Waals surface area (Å²) in [6.45, 7) is 0. The van der Waals surface area contributed by atoms with Crippen LogP contribution in [0.3, 0.4) is 0 Å². The number of rotatable bonds is 3. The number of hydrogen-bond acceptors (Lipinski definition) is 4. The normalized spacial score (nSPS) is 9.09. The first kappa shape index (κ1) is 14.8. The lowest BCUT2D eigenvalue weighted by atomic mass is 9.92. The van der Waals surface area contributed by atoms with E-state index in [1.165, 1.54) is 0 Å². The van der Waals surface area contributed by atoms with Crippen molar-refractivity contribution in [1.29, 1.82) is 21.0 Å². The Balaban J connectivity index is 2.42. The third-order valence-corrected chi connectivity index (χ3v) is 3.46. The maximum Gasteiger partial charge on any atom is 0.0994 e. The Labute approximate surface area is 128 Å². The van der Waals surface area contributed by atoms with Gasteiger partial charge in [0, 0.05) is 0 Å². The summed E-state index contributed by atoms with van der Waals surface area (Å²) in [6, 6.07) is 18.3. The first-order chi connectivity index (χ1) is 10.7. The second-order valence-electron chi connectivity index (χ2n) is 4.61. The van der Waals surface area contributed by atoms with E-state index in [2.05, 4.69) is 24.3 Å². The van der Waals surface area contributed by atoms with Crippen LogP contribution >= 0.6 is 0 Å². The number of nitrogens with zero attached hydrogens (tertiary/aromatic N) is 4. The lowest BCUT2D eigenvalue weighted by Crippen LogP contribution is -2.02. The van der Waals surface area contributed by atoms with Gasteiger partial charge in [0.05, 0.1) is 46.5 Å². The van der Waals surface area contributed by atoms with E-state index in [0.717, 1.165) is 0 Å². The van der Waals surface area contributed by atoms with Gasteiger partial charge >= 0.3 is 0 Å². The summed E-state index contributed by atoms with van der Waals surface area (Å²) in [6.07, 6.45) is 0.861. The molecule has 0 saturated carbocycles. The minimum absolute atomic E-state index is 0.431. The molecule has 0 aromatic heterocycles. The first-order valence-electron chi connectivity index (χ1n) is 6.59. The molecule has 102 valence electrons. The smallest absolute Gasteiger partial charge is 0.0994 e.